The van der Waals surface area contributed by atoms with Gasteiger partial charge in [-0.2, -0.15) is 0 Å². The van der Waals surface area contributed by atoms with Gasteiger partial charge in [0.1, 0.15) is 0 Å². The molecule has 0 aromatic heterocycles. The lowest BCUT2D eigenvalue weighted by molar-refractivity contribution is -0.0803. The van der Waals surface area contributed by atoms with Crippen LogP contribution in [0, 0.1) is 5.41 Å². The molecule has 1 aliphatic heterocycles. The normalized spacial score (nSPS) is 32.6. The molecule has 1 heterocycles. The smallest absolute Gasteiger partial charge is 0.0678 e. The molecule has 3 nitrogen and oxygen atoms in total. The zero-order valence-electron chi connectivity index (χ0n) is 10.5. The Balaban J connectivity index is 2.49. The number of morpholine rings is 1. The first-order valence-electron chi connectivity index (χ1n) is 5.98. The molecule has 0 aromatic rings. The van der Waals surface area contributed by atoms with Crippen LogP contribution in [-0.4, -0.2) is 48.5 Å². The molecule has 15 heavy (non-hydrogen) atoms. The van der Waals surface area contributed by atoms with Gasteiger partial charge in [0.05, 0.1) is 12.2 Å². The molecule has 3 unspecified atom stereocenters. The SMILES string of the molecule is CCC(C)(CO)CN1CC(C)OC(C)C1. The standard InChI is InChI=1S/C12H25NO2/c1-5-12(4,9-14)8-13-6-10(2)15-11(3)7-13/h10-11,14H,5-9H2,1-4H3. The van der Waals surface area contributed by atoms with Crippen LogP contribution in [-0.2, 0) is 4.74 Å². The third-order valence-electron chi connectivity index (χ3n) is 3.34. The van der Waals surface area contributed by atoms with E-state index in [2.05, 4.69) is 32.6 Å². The van der Waals surface area contributed by atoms with Crippen molar-refractivity contribution in [2.45, 2.75) is 46.3 Å². The van der Waals surface area contributed by atoms with Crippen molar-refractivity contribution in [3.8, 4) is 0 Å². The lowest BCUT2D eigenvalue weighted by atomic mass is 9.87. The molecule has 0 amide bonds. The Morgan fingerprint density at radius 2 is 1.87 bits per heavy atom. The van der Waals surface area contributed by atoms with E-state index in [1.54, 1.807) is 0 Å². The van der Waals surface area contributed by atoms with Crippen molar-refractivity contribution < 1.29 is 9.84 Å². The zero-order chi connectivity index (χ0) is 11.5. The summed E-state index contributed by atoms with van der Waals surface area (Å²) in [5.74, 6) is 0. The van der Waals surface area contributed by atoms with E-state index in [9.17, 15) is 5.11 Å². The van der Waals surface area contributed by atoms with E-state index in [-0.39, 0.29) is 12.0 Å². The number of nitrogens with zero attached hydrogens (tertiary/aromatic N) is 1. The highest BCUT2D eigenvalue weighted by Gasteiger charge is 2.29. The lowest BCUT2D eigenvalue weighted by Gasteiger charge is -2.40. The van der Waals surface area contributed by atoms with Crippen molar-refractivity contribution >= 4 is 0 Å². The summed E-state index contributed by atoms with van der Waals surface area (Å²) in [4.78, 5) is 2.42. The number of aliphatic hydroxyl groups is 1. The molecule has 0 radical (unpaired) electrons. The predicted octanol–water partition coefficient (Wildman–Crippen LogP) is 1.50. The fraction of sp³-hybridized carbons (Fsp3) is 1.00. The molecular formula is C12H25NO2. The molecule has 1 aliphatic rings. The molecule has 0 bridgehead atoms. The van der Waals surface area contributed by atoms with E-state index in [0.29, 0.717) is 12.2 Å². The van der Waals surface area contributed by atoms with Gasteiger partial charge in [-0.25, -0.2) is 0 Å². The maximum absolute atomic E-state index is 9.39. The Kier molecular flexibility index (Phi) is 4.56. The summed E-state index contributed by atoms with van der Waals surface area (Å²) in [6.07, 6.45) is 1.64. The molecule has 1 N–H and O–H groups in total. The van der Waals surface area contributed by atoms with Crippen molar-refractivity contribution in [1.82, 2.24) is 4.90 Å². The van der Waals surface area contributed by atoms with Gasteiger partial charge in [0, 0.05) is 31.7 Å². The molecule has 1 fully saturated rings. The van der Waals surface area contributed by atoms with Gasteiger partial charge in [-0.15, -0.1) is 0 Å². The highest BCUT2D eigenvalue weighted by atomic mass is 16.5. The van der Waals surface area contributed by atoms with Crippen LogP contribution in [0.1, 0.15) is 34.1 Å². The van der Waals surface area contributed by atoms with E-state index in [1.165, 1.54) is 0 Å². The summed E-state index contributed by atoms with van der Waals surface area (Å²) in [7, 11) is 0. The Labute approximate surface area is 93.4 Å². The Morgan fingerprint density at radius 3 is 2.27 bits per heavy atom. The molecule has 1 rings (SSSR count). The van der Waals surface area contributed by atoms with Gasteiger partial charge in [0.25, 0.3) is 0 Å². The third kappa shape index (κ3) is 3.74. The van der Waals surface area contributed by atoms with Crippen LogP contribution in [0.25, 0.3) is 0 Å². The van der Waals surface area contributed by atoms with Gasteiger partial charge in [-0.05, 0) is 20.3 Å². The van der Waals surface area contributed by atoms with Crippen LogP contribution in [0.4, 0.5) is 0 Å². The topological polar surface area (TPSA) is 32.7 Å². The Hall–Kier alpha value is -0.120. The van der Waals surface area contributed by atoms with Gasteiger partial charge < -0.3 is 9.84 Å². The van der Waals surface area contributed by atoms with E-state index < -0.39 is 0 Å². The van der Waals surface area contributed by atoms with Crippen molar-refractivity contribution in [3.63, 3.8) is 0 Å². The van der Waals surface area contributed by atoms with Crippen LogP contribution in [0.15, 0.2) is 0 Å². The zero-order valence-corrected chi connectivity index (χ0v) is 10.5. The molecule has 0 spiro atoms. The average molecular weight is 215 g/mol. The van der Waals surface area contributed by atoms with Crippen LogP contribution < -0.4 is 0 Å². The number of hydrogen-bond acceptors (Lipinski definition) is 3. The monoisotopic (exact) mass is 215 g/mol. The first kappa shape index (κ1) is 12.9. The minimum Gasteiger partial charge on any atom is -0.396 e. The van der Waals surface area contributed by atoms with Crippen LogP contribution in [0.5, 0.6) is 0 Å². The van der Waals surface area contributed by atoms with E-state index in [1.807, 2.05) is 0 Å². The molecule has 90 valence electrons. The molecule has 1 saturated heterocycles. The minimum absolute atomic E-state index is 0.0385. The third-order valence-corrected chi connectivity index (χ3v) is 3.34. The number of rotatable bonds is 4. The summed E-state index contributed by atoms with van der Waals surface area (Å²) in [5.41, 5.74) is 0.0385. The highest BCUT2D eigenvalue weighted by Crippen LogP contribution is 2.23. The fourth-order valence-corrected chi connectivity index (χ4v) is 2.23. The first-order valence-corrected chi connectivity index (χ1v) is 5.98. The summed E-state index contributed by atoms with van der Waals surface area (Å²) >= 11 is 0. The van der Waals surface area contributed by atoms with Crippen molar-refractivity contribution in [2.24, 2.45) is 5.41 Å². The lowest BCUT2D eigenvalue weighted by Crippen LogP contribution is -2.49. The van der Waals surface area contributed by atoms with E-state index in [0.717, 1.165) is 26.1 Å². The van der Waals surface area contributed by atoms with Gasteiger partial charge >= 0.3 is 0 Å². The molecule has 0 aliphatic carbocycles. The Bertz CT molecular complexity index is 182. The largest absolute Gasteiger partial charge is 0.396 e. The average Bonchev–Trinajstić information content (AvgIpc) is 2.16. The molecular weight excluding hydrogens is 190 g/mol. The Morgan fingerprint density at radius 1 is 1.33 bits per heavy atom. The van der Waals surface area contributed by atoms with Crippen molar-refractivity contribution in [3.05, 3.63) is 0 Å². The second-order valence-corrected chi connectivity index (χ2v) is 5.27. The molecule has 3 atom stereocenters. The number of hydrogen-bond donors (Lipinski definition) is 1. The van der Waals surface area contributed by atoms with Crippen LogP contribution >= 0.6 is 0 Å². The minimum atomic E-state index is 0.0385. The molecule has 0 saturated carbocycles. The summed E-state index contributed by atoms with van der Waals surface area (Å²) < 4.78 is 5.69. The second kappa shape index (κ2) is 5.28. The number of aliphatic hydroxyl groups excluding tert-OH is 1. The maximum Gasteiger partial charge on any atom is 0.0678 e. The van der Waals surface area contributed by atoms with Gasteiger partial charge in [-0.1, -0.05) is 13.8 Å². The summed E-state index contributed by atoms with van der Waals surface area (Å²) in [6, 6.07) is 0. The second-order valence-electron chi connectivity index (χ2n) is 5.27. The van der Waals surface area contributed by atoms with Gasteiger partial charge in [0.15, 0.2) is 0 Å². The van der Waals surface area contributed by atoms with Crippen molar-refractivity contribution in [2.75, 3.05) is 26.2 Å². The van der Waals surface area contributed by atoms with Crippen LogP contribution in [0.3, 0.4) is 0 Å². The van der Waals surface area contributed by atoms with E-state index in [4.69, 9.17) is 4.74 Å². The summed E-state index contributed by atoms with van der Waals surface area (Å²) in [5, 5.41) is 9.39. The summed E-state index contributed by atoms with van der Waals surface area (Å²) in [6.45, 7) is 11.7. The number of ether oxygens (including phenoxy) is 1. The van der Waals surface area contributed by atoms with Crippen molar-refractivity contribution in [1.29, 1.82) is 0 Å². The van der Waals surface area contributed by atoms with Gasteiger partial charge in [0.2, 0.25) is 0 Å². The molecule has 0 aromatic carbocycles. The molecule has 3 heteroatoms. The highest BCUT2D eigenvalue weighted by molar-refractivity contribution is 4.81. The van der Waals surface area contributed by atoms with Gasteiger partial charge in [-0.3, -0.25) is 4.90 Å². The quantitative estimate of drug-likeness (QED) is 0.771. The van der Waals surface area contributed by atoms with Crippen LogP contribution in [0.2, 0.25) is 0 Å². The van der Waals surface area contributed by atoms with E-state index >= 15 is 0 Å². The fourth-order valence-electron chi connectivity index (χ4n) is 2.23. The predicted molar refractivity (Wildman–Crippen MR) is 61.9 cm³/mol. The first-order chi connectivity index (χ1) is 6.99. The maximum atomic E-state index is 9.39.